The highest BCUT2D eigenvalue weighted by Crippen LogP contribution is 2.40. The Balaban J connectivity index is 1.40. The normalized spacial score (nSPS) is 20.4. The standard InChI is InChI=1S/C24H29FN4O/c1-26-23(27-15-17-14-22(30)29-21-7-3-2-6-20(17)21)28-16-24(12-4-5-13-24)18-8-10-19(25)11-9-18/h2-3,6-11,17H,4-5,12-16H2,1H3,(H,29,30)(H2,26,27,28). The number of halogens is 1. The predicted molar refractivity (Wildman–Crippen MR) is 118 cm³/mol. The van der Waals surface area contributed by atoms with Crippen molar-refractivity contribution in [3.8, 4) is 0 Å². The van der Waals surface area contributed by atoms with Crippen LogP contribution in [0.15, 0.2) is 53.5 Å². The Kier molecular flexibility index (Phi) is 6.02. The van der Waals surface area contributed by atoms with E-state index in [4.69, 9.17) is 0 Å². The molecule has 30 heavy (non-hydrogen) atoms. The van der Waals surface area contributed by atoms with Crippen LogP contribution in [0.2, 0.25) is 0 Å². The molecule has 6 heteroatoms. The van der Waals surface area contributed by atoms with Crippen LogP contribution in [-0.2, 0) is 10.2 Å². The molecule has 1 atom stereocenters. The second-order valence-electron chi connectivity index (χ2n) is 8.34. The maximum Gasteiger partial charge on any atom is 0.225 e. The molecule has 0 radical (unpaired) electrons. The van der Waals surface area contributed by atoms with Gasteiger partial charge in [0.1, 0.15) is 5.82 Å². The molecule has 4 rings (SSSR count). The van der Waals surface area contributed by atoms with Gasteiger partial charge in [0.2, 0.25) is 5.91 Å². The SMILES string of the molecule is CN=C(NCC1CC(=O)Nc2ccccc21)NCC1(c2ccc(F)cc2)CCCC1. The molecule has 0 aromatic heterocycles. The number of carbonyl (C=O) groups excluding carboxylic acids is 1. The lowest BCUT2D eigenvalue weighted by Crippen LogP contribution is -2.46. The zero-order valence-electron chi connectivity index (χ0n) is 17.4. The summed E-state index contributed by atoms with van der Waals surface area (Å²) < 4.78 is 13.4. The van der Waals surface area contributed by atoms with Crippen LogP contribution >= 0.6 is 0 Å². The Morgan fingerprint density at radius 1 is 1.13 bits per heavy atom. The first kappa shape index (κ1) is 20.4. The minimum atomic E-state index is -0.200. The molecule has 1 fully saturated rings. The van der Waals surface area contributed by atoms with Crippen molar-refractivity contribution >= 4 is 17.6 Å². The Bertz CT molecular complexity index is 919. The molecule has 2 aliphatic rings. The summed E-state index contributed by atoms with van der Waals surface area (Å²) in [5.41, 5.74) is 3.23. The second kappa shape index (κ2) is 8.86. The number of anilines is 1. The molecule has 1 heterocycles. The zero-order chi connectivity index (χ0) is 21.0. The molecule has 1 unspecified atom stereocenters. The minimum Gasteiger partial charge on any atom is -0.356 e. The fourth-order valence-corrected chi connectivity index (χ4v) is 4.80. The van der Waals surface area contributed by atoms with Gasteiger partial charge in [-0.15, -0.1) is 0 Å². The van der Waals surface area contributed by atoms with Crippen molar-refractivity contribution in [1.29, 1.82) is 0 Å². The summed E-state index contributed by atoms with van der Waals surface area (Å²) in [5, 5.41) is 9.83. The van der Waals surface area contributed by atoms with Crippen molar-refractivity contribution < 1.29 is 9.18 Å². The molecule has 3 N–H and O–H groups in total. The highest BCUT2D eigenvalue weighted by atomic mass is 19.1. The van der Waals surface area contributed by atoms with E-state index in [2.05, 4.69) is 27.0 Å². The lowest BCUT2D eigenvalue weighted by molar-refractivity contribution is -0.116. The molecule has 158 valence electrons. The second-order valence-corrected chi connectivity index (χ2v) is 8.34. The van der Waals surface area contributed by atoms with Gasteiger partial charge in [-0.1, -0.05) is 43.2 Å². The van der Waals surface area contributed by atoms with E-state index in [1.165, 1.54) is 18.4 Å². The van der Waals surface area contributed by atoms with Gasteiger partial charge in [-0.25, -0.2) is 4.39 Å². The Labute approximate surface area is 177 Å². The van der Waals surface area contributed by atoms with Gasteiger partial charge in [0.05, 0.1) is 0 Å². The van der Waals surface area contributed by atoms with E-state index in [-0.39, 0.29) is 23.1 Å². The van der Waals surface area contributed by atoms with Crippen molar-refractivity contribution in [3.63, 3.8) is 0 Å². The van der Waals surface area contributed by atoms with Gasteiger partial charge in [-0.3, -0.25) is 9.79 Å². The number of rotatable bonds is 5. The number of benzene rings is 2. The Morgan fingerprint density at radius 2 is 1.87 bits per heavy atom. The number of nitrogens with one attached hydrogen (secondary N) is 3. The quantitative estimate of drug-likeness (QED) is 0.519. The molecule has 2 aromatic carbocycles. The van der Waals surface area contributed by atoms with Crippen molar-refractivity contribution in [3.05, 3.63) is 65.5 Å². The smallest absolute Gasteiger partial charge is 0.225 e. The lowest BCUT2D eigenvalue weighted by atomic mass is 9.79. The third-order valence-electron chi connectivity index (χ3n) is 6.46. The maximum atomic E-state index is 13.4. The molecule has 0 saturated heterocycles. The van der Waals surface area contributed by atoms with Gasteiger partial charge in [0.25, 0.3) is 0 Å². The summed E-state index contributed by atoms with van der Waals surface area (Å²) >= 11 is 0. The molecule has 0 bridgehead atoms. The fraction of sp³-hybridized carbons (Fsp3) is 0.417. The third kappa shape index (κ3) is 4.32. The van der Waals surface area contributed by atoms with Crippen molar-refractivity contribution in [1.82, 2.24) is 10.6 Å². The van der Waals surface area contributed by atoms with E-state index in [0.717, 1.165) is 36.6 Å². The number of guanidine groups is 1. The first-order chi connectivity index (χ1) is 14.6. The number of fused-ring (bicyclic) bond motifs is 1. The van der Waals surface area contributed by atoms with E-state index in [1.807, 2.05) is 30.3 Å². The van der Waals surface area contributed by atoms with Crippen LogP contribution in [0.5, 0.6) is 0 Å². The van der Waals surface area contributed by atoms with E-state index in [1.54, 1.807) is 19.2 Å². The van der Waals surface area contributed by atoms with E-state index >= 15 is 0 Å². The molecule has 1 amide bonds. The minimum absolute atomic E-state index is 0.00262. The molecule has 1 saturated carbocycles. The Morgan fingerprint density at radius 3 is 2.60 bits per heavy atom. The van der Waals surface area contributed by atoms with Crippen LogP contribution in [0.1, 0.15) is 49.1 Å². The van der Waals surface area contributed by atoms with Crippen molar-refractivity contribution in [2.24, 2.45) is 4.99 Å². The van der Waals surface area contributed by atoms with Gasteiger partial charge in [0, 0.05) is 43.6 Å². The van der Waals surface area contributed by atoms with Crippen LogP contribution in [0.4, 0.5) is 10.1 Å². The topological polar surface area (TPSA) is 65.5 Å². The van der Waals surface area contributed by atoms with Gasteiger partial charge < -0.3 is 16.0 Å². The molecule has 5 nitrogen and oxygen atoms in total. The summed E-state index contributed by atoms with van der Waals surface area (Å²) in [6.07, 6.45) is 4.98. The highest BCUT2D eigenvalue weighted by molar-refractivity contribution is 5.94. The molecule has 2 aromatic rings. The predicted octanol–water partition coefficient (Wildman–Crippen LogP) is 3.93. The highest BCUT2D eigenvalue weighted by Gasteiger charge is 2.35. The number of amides is 1. The average molecular weight is 409 g/mol. The first-order valence-electron chi connectivity index (χ1n) is 10.7. The number of hydrogen-bond donors (Lipinski definition) is 3. The number of carbonyl (C=O) groups is 1. The van der Waals surface area contributed by atoms with Crippen LogP contribution in [0.25, 0.3) is 0 Å². The monoisotopic (exact) mass is 408 g/mol. The third-order valence-corrected chi connectivity index (χ3v) is 6.46. The first-order valence-corrected chi connectivity index (χ1v) is 10.7. The van der Waals surface area contributed by atoms with Crippen molar-refractivity contribution in [2.45, 2.75) is 43.4 Å². The number of para-hydroxylation sites is 1. The fourth-order valence-electron chi connectivity index (χ4n) is 4.80. The van der Waals surface area contributed by atoms with Crippen LogP contribution in [0.3, 0.4) is 0 Å². The molecule has 1 aliphatic heterocycles. The summed E-state index contributed by atoms with van der Waals surface area (Å²) in [6, 6.07) is 14.9. The van der Waals surface area contributed by atoms with E-state index in [0.29, 0.717) is 13.0 Å². The summed E-state index contributed by atoms with van der Waals surface area (Å²) in [7, 11) is 1.76. The van der Waals surface area contributed by atoms with Crippen LogP contribution < -0.4 is 16.0 Å². The van der Waals surface area contributed by atoms with E-state index < -0.39 is 0 Å². The number of aliphatic imine (C=N–C) groups is 1. The summed E-state index contributed by atoms with van der Waals surface area (Å²) in [6.45, 7) is 1.38. The Hall–Kier alpha value is -2.89. The lowest BCUT2D eigenvalue weighted by Gasteiger charge is -2.31. The number of nitrogens with zero attached hydrogens (tertiary/aromatic N) is 1. The van der Waals surface area contributed by atoms with Crippen LogP contribution in [0, 0.1) is 5.82 Å². The molecular formula is C24H29FN4O. The van der Waals surface area contributed by atoms with Gasteiger partial charge >= 0.3 is 0 Å². The largest absolute Gasteiger partial charge is 0.356 e. The molecular weight excluding hydrogens is 379 g/mol. The van der Waals surface area contributed by atoms with Gasteiger partial charge in [-0.05, 0) is 42.2 Å². The maximum absolute atomic E-state index is 13.4. The number of hydrogen-bond acceptors (Lipinski definition) is 2. The van der Waals surface area contributed by atoms with Crippen molar-refractivity contribution in [2.75, 3.05) is 25.5 Å². The summed E-state index contributed by atoms with van der Waals surface area (Å²) in [5.74, 6) is 0.677. The van der Waals surface area contributed by atoms with Gasteiger partial charge in [-0.2, -0.15) is 0 Å². The van der Waals surface area contributed by atoms with Gasteiger partial charge in [0.15, 0.2) is 5.96 Å². The molecule has 1 aliphatic carbocycles. The summed E-state index contributed by atoms with van der Waals surface area (Å²) in [4.78, 5) is 16.4. The average Bonchev–Trinajstić information content (AvgIpc) is 3.24. The molecule has 0 spiro atoms. The zero-order valence-corrected chi connectivity index (χ0v) is 17.4. The van der Waals surface area contributed by atoms with E-state index in [9.17, 15) is 9.18 Å². The van der Waals surface area contributed by atoms with Crippen LogP contribution in [-0.4, -0.2) is 32.0 Å².